The molecule has 0 aliphatic rings. The Hall–Kier alpha value is -5.67. The van der Waals surface area contributed by atoms with Crippen molar-refractivity contribution in [1.82, 2.24) is 4.57 Å². The fraction of sp³-hybridized carbons (Fsp3) is 0.0571. The lowest BCUT2D eigenvalue weighted by Gasteiger charge is -2.12. The minimum atomic E-state index is -0.282. The number of benzene rings is 5. The van der Waals surface area contributed by atoms with Gasteiger partial charge in [0, 0.05) is 16.5 Å². The highest BCUT2D eigenvalue weighted by molar-refractivity contribution is 6.11. The smallest absolute Gasteiger partial charge is 0.200 e. The van der Waals surface area contributed by atoms with E-state index in [-0.39, 0.29) is 21.8 Å². The SMILES string of the molecule is Cc1cccc2c3cccc(C)c3n(-c3ccc4oc5cc6c(=O)c7cc(C#N)ccc7oc6cc5c(=O)c4c3)c12. The molecule has 0 N–H and O–H groups in total. The Morgan fingerprint density at radius 3 is 1.66 bits per heavy atom. The summed E-state index contributed by atoms with van der Waals surface area (Å²) in [5.41, 5.74) is 6.58. The predicted molar refractivity (Wildman–Crippen MR) is 162 cm³/mol. The van der Waals surface area contributed by atoms with Gasteiger partial charge in [0.25, 0.3) is 0 Å². The summed E-state index contributed by atoms with van der Waals surface area (Å²) in [6.45, 7) is 4.19. The molecular weight excluding hydrogens is 512 g/mol. The average Bonchev–Trinajstić information content (AvgIpc) is 3.34. The van der Waals surface area contributed by atoms with E-state index in [0.717, 1.165) is 38.6 Å². The van der Waals surface area contributed by atoms with Gasteiger partial charge in [0.05, 0.1) is 44.2 Å². The second kappa shape index (κ2) is 8.17. The van der Waals surface area contributed by atoms with Crippen LogP contribution in [0.5, 0.6) is 0 Å². The van der Waals surface area contributed by atoms with Crippen molar-refractivity contribution in [3.8, 4) is 11.8 Å². The molecule has 6 nitrogen and oxygen atoms in total. The first-order valence-corrected chi connectivity index (χ1v) is 13.2. The van der Waals surface area contributed by atoms with Gasteiger partial charge in [0.15, 0.2) is 0 Å². The fourth-order valence-corrected chi connectivity index (χ4v) is 6.12. The maximum Gasteiger partial charge on any atom is 0.200 e. The van der Waals surface area contributed by atoms with E-state index >= 15 is 0 Å². The molecule has 0 atom stereocenters. The molecule has 0 radical (unpaired) electrons. The molecule has 8 aromatic rings. The number of aryl methyl sites for hydroxylation is 2. The molecule has 0 saturated heterocycles. The molecule has 0 aliphatic heterocycles. The molecule has 0 amide bonds. The standard InChI is InChI=1S/C35H20N2O4/c1-18-5-3-7-22-23-8-4-6-19(2)33(23)37(32(18)22)21-10-12-29-25(14-21)35(39)27-16-30-26(15-31(27)41-29)34(38)24-13-20(17-36)9-11-28(24)40-30/h3-16H,1-2H3. The van der Waals surface area contributed by atoms with Crippen LogP contribution in [0.2, 0.25) is 0 Å². The Morgan fingerprint density at radius 1 is 0.585 bits per heavy atom. The minimum absolute atomic E-state index is 0.207. The summed E-state index contributed by atoms with van der Waals surface area (Å²) >= 11 is 0. The molecule has 41 heavy (non-hydrogen) atoms. The molecule has 0 aliphatic carbocycles. The summed E-state index contributed by atoms with van der Waals surface area (Å²) in [6, 6.07) is 28.1. The van der Waals surface area contributed by atoms with Gasteiger partial charge in [-0.15, -0.1) is 0 Å². The van der Waals surface area contributed by atoms with Gasteiger partial charge >= 0.3 is 0 Å². The first-order valence-electron chi connectivity index (χ1n) is 13.2. The highest BCUT2D eigenvalue weighted by atomic mass is 16.3. The number of rotatable bonds is 1. The molecule has 3 aromatic heterocycles. The second-order valence-electron chi connectivity index (χ2n) is 10.5. The van der Waals surface area contributed by atoms with Crippen LogP contribution in [0.4, 0.5) is 0 Å². The number of fused-ring (bicyclic) bond motifs is 7. The van der Waals surface area contributed by atoms with Crippen LogP contribution >= 0.6 is 0 Å². The third kappa shape index (κ3) is 3.17. The predicted octanol–water partition coefficient (Wildman–Crippen LogP) is 7.79. The van der Waals surface area contributed by atoms with Gasteiger partial charge in [0.2, 0.25) is 10.9 Å². The van der Waals surface area contributed by atoms with E-state index in [4.69, 9.17) is 8.83 Å². The van der Waals surface area contributed by atoms with Crippen LogP contribution in [0.25, 0.3) is 71.4 Å². The number of hydrogen-bond acceptors (Lipinski definition) is 5. The molecule has 8 rings (SSSR count). The Kier molecular flexibility index (Phi) is 4.63. The van der Waals surface area contributed by atoms with Crippen LogP contribution in [0.3, 0.4) is 0 Å². The first kappa shape index (κ1) is 23.2. The third-order valence-electron chi connectivity index (χ3n) is 8.04. The number of nitrogens with zero attached hydrogens (tertiary/aromatic N) is 2. The van der Waals surface area contributed by atoms with Crippen LogP contribution in [0.15, 0.2) is 103 Å². The van der Waals surface area contributed by atoms with Crippen molar-refractivity contribution in [3.05, 3.63) is 122 Å². The van der Waals surface area contributed by atoms with Gasteiger partial charge in [0.1, 0.15) is 22.3 Å². The monoisotopic (exact) mass is 532 g/mol. The third-order valence-corrected chi connectivity index (χ3v) is 8.04. The Balaban J connectivity index is 1.43. The topological polar surface area (TPSA) is 89.1 Å². The van der Waals surface area contributed by atoms with Crippen LogP contribution in [-0.2, 0) is 0 Å². The first-order chi connectivity index (χ1) is 19.9. The van der Waals surface area contributed by atoms with Crippen molar-refractivity contribution in [1.29, 1.82) is 5.26 Å². The number of para-hydroxylation sites is 2. The molecule has 0 bridgehead atoms. The van der Waals surface area contributed by atoms with Gasteiger partial charge < -0.3 is 13.4 Å². The summed E-state index contributed by atoms with van der Waals surface area (Å²) in [4.78, 5) is 27.2. The molecule has 0 saturated carbocycles. The van der Waals surface area contributed by atoms with E-state index in [0.29, 0.717) is 38.5 Å². The lowest BCUT2D eigenvalue weighted by molar-refractivity contribution is 0.652. The van der Waals surface area contributed by atoms with Crippen molar-refractivity contribution >= 4 is 65.7 Å². The summed E-state index contributed by atoms with van der Waals surface area (Å²) < 4.78 is 14.4. The van der Waals surface area contributed by atoms with E-state index in [1.54, 1.807) is 24.3 Å². The maximum absolute atomic E-state index is 13.9. The second-order valence-corrected chi connectivity index (χ2v) is 10.5. The fourth-order valence-electron chi connectivity index (χ4n) is 6.12. The Labute approximate surface area is 231 Å². The Morgan fingerprint density at radius 2 is 1.10 bits per heavy atom. The van der Waals surface area contributed by atoms with Crippen LogP contribution < -0.4 is 10.9 Å². The number of hydrogen-bond donors (Lipinski definition) is 0. The van der Waals surface area contributed by atoms with Gasteiger partial charge in [-0.05, 0) is 73.5 Å². The molecule has 5 aromatic carbocycles. The molecule has 194 valence electrons. The normalized spacial score (nSPS) is 11.8. The summed E-state index contributed by atoms with van der Waals surface area (Å²) in [5.74, 6) is 0. The van der Waals surface area contributed by atoms with Gasteiger partial charge in [-0.1, -0.05) is 36.4 Å². The maximum atomic E-state index is 13.9. The largest absolute Gasteiger partial charge is 0.456 e. The lowest BCUT2D eigenvalue weighted by Crippen LogP contribution is -2.06. The molecule has 6 heteroatoms. The Bertz CT molecular complexity index is 2550. The van der Waals surface area contributed by atoms with E-state index in [2.05, 4.69) is 54.8 Å². The zero-order valence-electron chi connectivity index (χ0n) is 22.1. The molecule has 0 unspecified atom stereocenters. The zero-order chi connectivity index (χ0) is 28.0. The van der Waals surface area contributed by atoms with E-state index < -0.39 is 0 Å². The van der Waals surface area contributed by atoms with E-state index in [1.807, 2.05) is 24.3 Å². The van der Waals surface area contributed by atoms with E-state index in [1.165, 1.54) is 6.07 Å². The zero-order valence-corrected chi connectivity index (χ0v) is 22.1. The van der Waals surface area contributed by atoms with Crippen molar-refractivity contribution in [2.75, 3.05) is 0 Å². The average molecular weight is 533 g/mol. The summed E-state index contributed by atoms with van der Waals surface area (Å²) in [6.07, 6.45) is 0. The van der Waals surface area contributed by atoms with Crippen molar-refractivity contribution in [2.24, 2.45) is 0 Å². The summed E-state index contributed by atoms with van der Waals surface area (Å²) in [5, 5.41) is 12.9. The van der Waals surface area contributed by atoms with Crippen LogP contribution in [-0.4, -0.2) is 4.57 Å². The summed E-state index contributed by atoms with van der Waals surface area (Å²) in [7, 11) is 0. The van der Waals surface area contributed by atoms with Gasteiger partial charge in [-0.25, -0.2) is 0 Å². The lowest BCUT2D eigenvalue weighted by atomic mass is 10.1. The molecule has 0 fully saturated rings. The van der Waals surface area contributed by atoms with Crippen molar-refractivity contribution < 1.29 is 8.83 Å². The molecule has 3 heterocycles. The van der Waals surface area contributed by atoms with Gasteiger partial charge in [-0.2, -0.15) is 5.26 Å². The quantitative estimate of drug-likeness (QED) is 0.201. The molecule has 0 spiro atoms. The molecular formula is C35H20N2O4. The number of aromatic nitrogens is 1. The number of nitriles is 1. The van der Waals surface area contributed by atoms with E-state index in [9.17, 15) is 14.9 Å². The highest BCUT2D eigenvalue weighted by Crippen LogP contribution is 2.36. The van der Waals surface area contributed by atoms with Crippen LogP contribution in [0, 0.1) is 25.2 Å². The van der Waals surface area contributed by atoms with Crippen molar-refractivity contribution in [2.45, 2.75) is 13.8 Å². The highest BCUT2D eigenvalue weighted by Gasteiger charge is 2.18. The van der Waals surface area contributed by atoms with Crippen LogP contribution in [0.1, 0.15) is 16.7 Å². The van der Waals surface area contributed by atoms with Gasteiger partial charge in [-0.3, -0.25) is 9.59 Å². The van der Waals surface area contributed by atoms with Crippen molar-refractivity contribution in [3.63, 3.8) is 0 Å². The minimum Gasteiger partial charge on any atom is -0.456 e.